The molecule has 0 spiro atoms. The SMILES string of the molecule is Cn1nnc(CNCC(=O)NC2CC2)n1. The molecule has 2 N–H and O–H groups in total. The van der Waals surface area contributed by atoms with Crippen LogP contribution >= 0.6 is 0 Å². The number of rotatable bonds is 5. The second-order valence-corrected chi connectivity index (χ2v) is 3.64. The van der Waals surface area contributed by atoms with Gasteiger partial charge in [-0.2, -0.15) is 4.80 Å². The van der Waals surface area contributed by atoms with Crippen molar-refractivity contribution >= 4 is 5.91 Å². The Hall–Kier alpha value is -1.50. The Morgan fingerprint density at radius 2 is 2.40 bits per heavy atom. The van der Waals surface area contributed by atoms with Crippen molar-refractivity contribution in [2.75, 3.05) is 6.54 Å². The number of carbonyl (C=O) groups excluding carboxylic acids is 1. The molecule has 82 valence electrons. The molecule has 7 heteroatoms. The Kier molecular flexibility index (Phi) is 2.91. The van der Waals surface area contributed by atoms with Crippen LogP contribution in [0, 0.1) is 0 Å². The molecule has 0 radical (unpaired) electrons. The molecule has 0 unspecified atom stereocenters. The van der Waals surface area contributed by atoms with Gasteiger partial charge >= 0.3 is 0 Å². The zero-order valence-corrected chi connectivity index (χ0v) is 8.60. The summed E-state index contributed by atoms with van der Waals surface area (Å²) in [7, 11) is 1.70. The number of aryl methyl sites for hydroxylation is 1. The maximum atomic E-state index is 11.3. The van der Waals surface area contributed by atoms with Gasteiger partial charge in [-0.1, -0.05) is 0 Å². The van der Waals surface area contributed by atoms with Gasteiger partial charge in [0.25, 0.3) is 0 Å². The van der Waals surface area contributed by atoms with Crippen LogP contribution in [0.1, 0.15) is 18.7 Å². The highest BCUT2D eigenvalue weighted by atomic mass is 16.2. The number of nitrogens with zero attached hydrogens (tertiary/aromatic N) is 4. The minimum atomic E-state index is 0.0291. The van der Waals surface area contributed by atoms with Gasteiger partial charge in [0, 0.05) is 6.04 Å². The Morgan fingerprint density at radius 3 is 3.00 bits per heavy atom. The smallest absolute Gasteiger partial charge is 0.234 e. The van der Waals surface area contributed by atoms with Gasteiger partial charge in [0.05, 0.1) is 20.1 Å². The van der Waals surface area contributed by atoms with Gasteiger partial charge in [-0.05, 0) is 18.1 Å². The summed E-state index contributed by atoms with van der Waals surface area (Å²) >= 11 is 0. The summed E-state index contributed by atoms with van der Waals surface area (Å²) in [5.74, 6) is 0.623. The van der Waals surface area contributed by atoms with E-state index in [0.29, 0.717) is 25.0 Å². The van der Waals surface area contributed by atoms with Crippen molar-refractivity contribution in [1.29, 1.82) is 0 Å². The maximum Gasteiger partial charge on any atom is 0.234 e. The summed E-state index contributed by atoms with van der Waals surface area (Å²) < 4.78 is 0. The normalized spacial score (nSPS) is 15.3. The largest absolute Gasteiger partial charge is 0.352 e. The fourth-order valence-corrected chi connectivity index (χ4v) is 1.19. The van der Waals surface area contributed by atoms with Crippen molar-refractivity contribution in [3.8, 4) is 0 Å². The summed E-state index contributed by atoms with van der Waals surface area (Å²) in [6.07, 6.45) is 2.22. The first kappa shape index (κ1) is 10.0. The van der Waals surface area contributed by atoms with Gasteiger partial charge in [-0.15, -0.1) is 10.2 Å². The van der Waals surface area contributed by atoms with Crippen molar-refractivity contribution in [3.05, 3.63) is 5.82 Å². The number of hydrogen-bond acceptors (Lipinski definition) is 5. The fourth-order valence-electron chi connectivity index (χ4n) is 1.19. The van der Waals surface area contributed by atoms with E-state index in [0.717, 1.165) is 12.8 Å². The molecule has 1 aromatic heterocycles. The van der Waals surface area contributed by atoms with E-state index in [1.165, 1.54) is 4.80 Å². The standard InChI is InChI=1S/C8H14N6O/c1-14-12-7(11-13-14)4-9-5-8(15)10-6-2-3-6/h6,9H,2-5H2,1H3,(H,10,15). The maximum absolute atomic E-state index is 11.3. The van der Waals surface area contributed by atoms with Gasteiger partial charge in [-0.3, -0.25) is 4.79 Å². The zero-order chi connectivity index (χ0) is 10.7. The molecular weight excluding hydrogens is 196 g/mol. The lowest BCUT2D eigenvalue weighted by molar-refractivity contribution is -0.120. The highest BCUT2D eigenvalue weighted by Crippen LogP contribution is 2.18. The first-order chi connectivity index (χ1) is 7.24. The van der Waals surface area contributed by atoms with Crippen LogP contribution < -0.4 is 10.6 Å². The van der Waals surface area contributed by atoms with E-state index in [1.807, 2.05) is 0 Å². The van der Waals surface area contributed by atoms with Gasteiger partial charge in [0.15, 0.2) is 5.82 Å². The van der Waals surface area contributed by atoms with Crippen molar-refractivity contribution in [2.45, 2.75) is 25.4 Å². The summed E-state index contributed by atoms with van der Waals surface area (Å²) in [6, 6.07) is 0.411. The van der Waals surface area contributed by atoms with Crippen molar-refractivity contribution < 1.29 is 4.79 Å². The molecule has 0 aromatic carbocycles. The highest BCUT2D eigenvalue weighted by molar-refractivity contribution is 5.78. The monoisotopic (exact) mass is 210 g/mol. The molecule has 0 bridgehead atoms. The third-order valence-corrected chi connectivity index (χ3v) is 2.06. The molecule has 1 saturated carbocycles. The molecule has 7 nitrogen and oxygen atoms in total. The van der Waals surface area contributed by atoms with E-state index in [4.69, 9.17) is 0 Å². The average molecular weight is 210 g/mol. The lowest BCUT2D eigenvalue weighted by Gasteiger charge is -2.02. The van der Waals surface area contributed by atoms with Crippen LogP contribution in [0.4, 0.5) is 0 Å². The molecule has 0 aliphatic heterocycles. The van der Waals surface area contributed by atoms with Crippen LogP contribution in [0.25, 0.3) is 0 Å². The van der Waals surface area contributed by atoms with E-state index in [-0.39, 0.29) is 5.91 Å². The molecule has 0 atom stereocenters. The molecule has 1 fully saturated rings. The molecule has 1 amide bonds. The predicted octanol–water partition coefficient (Wildman–Crippen LogP) is -1.42. The highest BCUT2D eigenvalue weighted by Gasteiger charge is 2.22. The van der Waals surface area contributed by atoms with Crippen LogP contribution in [0.5, 0.6) is 0 Å². The van der Waals surface area contributed by atoms with Gasteiger partial charge in [0.2, 0.25) is 5.91 Å². The van der Waals surface area contributed by atoms with E-state index < -0.39 is 0 Å². The number of aromatic nitrogens is 4. The van der Waals surface area contributed by atoms with Gasteiger partial charge in [0.1, 0.15) is 0 Å². The average Bonchev–Trinajstić information content (AvgIpc) is 2.89. The number of nitrogens with one attached hydrogen (secondary N) is 2. The lowest BCUT2D eigenvalue weighted by atomic mass is 10.5. The molecule has 1 heterocycles. The quantitative estimate of drug-likeness (QED) is 0.623. The summed E-state index contributed by atoms with van der Waals surface area (Å²) in [4.78, 5) is 12.6. The molecule has 2 rings (SSSR count). The zero-order valence-electron chi connectivity index (χ0n) is 8.60. The second-order valence-electron chi connectivity index (χ2n) is 3.64. The topological polar surface area (TPSA) is 84.7 Å². The van der Waals surface area contributed by atoms with E-state index >= 15 is 0 Å². The number of tetrazole rings is 1. The Bertz CT molecular complexity index is 345. The minimum Gasteiger partial charge on any atom is -0.352 e. The van der Waals surface area contributed by atoms with Crippen LogP contribution in [0.3, 0.4) is 0 Å². The predicted molar refractivity (Wildman–Crippen MR) is 51.7 cm³/mol. The van der Waals surface area contributed by atoms with Crippen LogP contribution in [-0.2, 0) is 18.4 Å². The van der Waals surface area contributed by atoms with Crippen molar-refractivity contribution in [3.63, 3.8) is 0 Å². The van der Waals surface area contributed by atoms with Crippen molar-refractivity contribution in [1.82, 2.24) is 30.8 Å². The number of carbonyl (C=O) groups is 1. The third-order valence-electron chi connectivity index (χ3n) is 2.06. The molecule has 1 aliphatic carbocycles. The minimum absolute atomic E-state index is 0.0291. The molecule has 0 saturated heterocycles. The molecule has 1 aromatic rings. The number of hydrogen-bond donors (Lipinski definition) is 2. The summed E-state index contributed by atoms with van der Waals surface area (Å²) in [5, 5.41) is 17.3. The molecule has 15 heavy (non-hydrogen) atoms. The Balaban J connectivity index is 1.63. The summed E-state index contributed by atoms with van der Waals surface area (Å²) in [5.41, 5.74) is 0. The van der Waals surface area contributed by atoms with E-state index in [1.54, 1.807) is 7.05 Å². The number of amides is 1. The first-order valence-electron chi connectivity index (χ1n) is 4.97. The first-order valence-corrected chi connectivity index (χ1v) is 4.97. The fraction of sp³-hybridized carbons (Fsp3) is 0.750. The van der Waals surface area contributed by atoms with E-state index in [2.05, 4.69) is 26.0 Å². The van der Waals surface area contributed by atoms with Gasteiger partial charge < -0.3 is 10.6 Å². The second kappa shape index (κ2) is 4.35. The Labute approximate surface area is 87.2 Å². The van der Waals surface area contributed by atoms with Crippen LogP contribution in [-0.4, -0.2) is 38.7 Å². The summed E-state index contributed by atoms with van der Waals surface area (Å²) in [6.45, 7) is 0.765. The Morgan fingerprint density at radius 1 is 1.60 bits per heavy atom. The van der Waals surface area contributed by atoms with Crippen LogP contribution in [0.2, 0.25) is 0 Å². The molecule has 1 aliphatic rings. The van der Waals surface area contributed by atoms with E-state index in [9.17, 15) is 4.79 Å². The van der Waals surface area contributed by atoms with Crippen molar-refractivity contribution in [2.24, 2.45) is 7.05 Å². The van der Waals surface area contributed by atoms with Crippen LogP contribution in [0.15, 0.2) is 0 Å². The molecular formula is C8H14N6O. The third kappa shape index (κ3) is 3.28. The van der Waals surface area contributed by atoms with Gasteiger partial charge in [-0.25, -0.2) is 0 Å². The lowest BCUT2D eigenvalue weighted by Crippen LogP contribution is -2.34.